The highest BCUT2D eigenvalue weighted by atomic mass is 35.5. The summed E-state index contributed by atoms with van der Waals surface area (Å²) in [6.45, 7) is 5.61. The zero-order valence-electron chi connectivity index (χ0n) is 13.4. The first-order chi connectivity index (χ1) is 9.62. The predicted octanol–water partition coefficient (Wildman–Crippen LogP) is 2.51. The first-order valence-electron chi connectivity index (χ1n) is 7.19. The number of likely N-dealkylation sites (N-methyl/N-ethyl adjacent to an activating group) is 1. The molecule has 0 aliphatic rings. The third-order valence-corrected chi connectivity index (χ3v) is 3.47. The highest BCUT2D eigenvalue weighted by Gasteiger charge is 2.18. The molecule has 0 aromatic heterocycles. The summed E-state index contributed by atoms with van der Waals surface area (Å²) in [5.41, 5.74) is 1.22. The van der Waals surface area contributed by atoms with Crippen LogP contribution < -0.4 is 10.1 Å². The van der Waals surface area contributed by atoms with Gasteiger partial charge in [0.05, 0.1) is 7.11 Å². The van der Waals surface area contributed by atoms with Crippen LogP contribution in [0, 0.1) is 0 Å². The molecule has 0 fully saturated rings. The molecule has 0 aliphatic heterocycles. The number of nitrogens with zero attached hydrogens (tertiary/aromatic N) is 1. The number of halogens is 1. The average Bonchev–Trinajstić information content (AvgIpc) is 2.46. The molecule has 120 valence electrons. The summed E-state index contributed by atoms with van der Waals surface area (Å²) in [7, 11) is 3.53. The lowest BCUT2D eigenvalue weighted by Gasteiger charge is -2.28. The van der Waals surface area contributed by atoms with E-state index in [4.69, 9.17) is 4.74 Å². The third kappa shape index (κ3) is 6.36. The number of amides is 1. The van der Waals surface area contributed by atoms with E-state index in [9.17, 15) is 4.79 Å². The summed E-state index contributed by atoms with van der Waals surface area (Å²) in [5, 5.41) is 3.02. The highest BCUT2D eigenvalue weighted by molar-refractivity contribution is 5.85. The summed E-state index contributed by atoms with van der Waals surface area (Å²) in [4.78, 5) is 14.1. The van der Waals surface area contributed by atoms with Crippen LogP contribution in [0.15, 0.2) is 24.3 Å². The fourth-order valence-corrected chi connectivity index (χ4v) is 2.32. The number of carbonyl (C=O) groups excluding carboxylic acids is 1. The van der Waals surface area contributed by atoms with E-state index >= 15 is 0 Å². The van der Waals surface area contributed by atoms with Gasteiger partial charge in [0.2, 0.25) is 5.91 Å². The molecule has 0 aliphatic carbocycles. The minimum Gasteiger partial charge on any atom is -0.497 e. The van der Waals surface area contributed by atoms with E-state index in [0.29, 0.717) is 6.42 Å². The van der Waals surface area contributed by atoms with Gasteiger partial charge in [-0.3, -0.25) is 4.79 Å². The molecule has 1 amide bonds. The number of nitrogens with one attached hydrogen (secondary N) is 1. The Labute approximate surface area is 134 Å². The minimum absolute atomic E-state index is 0. The van der Waals surface area contributed by atoms with Crippen molar-refractivity contribution in [3.8, 4) is 5.75 Å². The Bertz CT molecular complexity index is 409. The van der Waals surface area contributed by atoms with Gasteiger partial charge < -0.3 is 15.0 Å². The molecule has 1 N–H and O–H groups in total. The largest absolute Gasteiger partial charge is 0.497 e. The molecule has 0 radical (unpaired) electrons. The second-order valence-corrected chi connectivity index (χ2v) is 4.93. The molecule has 0 spiro atoms. The topological polar surface area (TPSA) is 41.6 Å². The molecule has 0 saturated heterocycles. The van der Waals surface area contributed by atoms with Crippen LogP contribution in [0.25, 0.3) is 0 Å². The SMILES string of the molecule is CCN(C(=O)CCNC)C(C)Cc1ccc(OC)cc1.Cl. The number of hydrogen-bond donors (Lipinski definition) is 1. The van der Waals surface area contributed by atoms with E-state index < -0.39 is 0 Å². The first kappa shape index (κ1) is 19.7. The van der Waals surface area contributed by atoms with Crippen molar-refractivity contribution in [2.24, 2.45) is 0 Å². The van der Waals surface area contributed by atoms with Crippen LogP contribution in [-0.2, 0) is 11.2 Å². The Morgan fingerprint density at radius 3 is 2.43 bits per heavy atom. The van der Waals surface area contributed by atoms with Crippen molar-refractivity contribution in [3.63, 3.8) is 0 Å². The van der Waals surface area contributed by atoms with Gasteiger partial charge in [0.15, 0.2) is 0 Å². The summed E-state index contributed by atoms with van der Waals surface area (Å²) < 4.78 is 5.15. The van der Waals surface area contributed by atoms with Gasteiger partial charge in [-0.25, -0.2) is 0 Å². The van der Waals surface area contributed by atoms with Crippen molar-refractivity contribution in [1.82, 2.24) is 10.2 Å². The number of methoxy groups -OCH3 is 1. The zero-order chi connectivity index (χ0) is 15.0. The molecule has 21 heavy (non-hydrogen) atoms. The molecule has 5 heteroatoms. The van der Waals surface area contributed by atoms with Crippen molar-refractivity contribution >= 4 is 18.3 Å². The number of ether oxygens (including phenoxy) is 1. The molecular formula is C16H27ClN2O2. The maximum absolute atomic E-state index is 12.1. The normalized spacial score (nSPS) is 11.4. The third-order valence-electron chi connectivity index (χ3n) is 3.47. The Balaban J connectivity index is 0.00000400. The molecule has 1 aromatic carbocycles. The van der Waals surface area contributed by atoms with Crippen LogP contribution >= 0.6 is 12.4 Å². The highest BCUT2D eigenvalue weighted by Crippen LogP contribution is 2.15. The van der Waals surface area contributed by atoms with Crippen LogP contribution in [0.3, 0.4) is 0 Å². The van der Waals surface area contributed by atoms with Gasteiger partial charge in [-0.15, -0.1) is 12.4 Å². The van der Waals surface area contributed by atoms with Gasteiger partial charge in [0.25, 0.3) is 0 Å². The standard InChI is InChI=1S/C16H26N2O2.ClH/c1-5-18(16(19)10-11-17-3)13(2)12-14-6-8-15(20-4)9-7-14;/h6-9,13,17H,5,10-12H2,1-4H3;1H. The Hall–Kier alpha value is -1.26. The average molecular weight is 315 g/mol. The molecule has 0 heterocycles. The molecule has 1 unspecified atom stereocenters. The zero-order valence-corrected chi connectivity index (χ0v) is 14.2. The van der Waals surface area contributed by atoms with Crippen LogP contribution in [-0.4, -0.2) is 44.1 Å². The van der Waals surface area contributed by atoms with E-state index in [2.05, 4.69) is 24.4 Å². The quantitative estimate of drug-likeness (QED) is 0.801. The summed E-state index contributed by atoms with van der Waals surface area (Å²) >= 11 is 0. The molecule has 0 bridgehead atoms. The number of rotatable bonds is 8. The number of hydrogen-bond acceptors (Lipinski definition) is 3. The summed E-state index contributed by atoms with van der Waals surface area (Å²) in [6.07, 6.45) is 1.42. The van der Waals surface area contributed by atoms with E-state index in [1.165, 1.54) is 5.56 Å². The van der Waals surface area contributed by atoms with Gasteiger partial charge in [0.1, 0.15) is 5.75 Å². The van der Waals surface area contributed by atoms with Crippen molar-refractivity contribution < 1.29 is 9.53 Å². The van der Waals surface area contributed by atoms with Gasteiger partial charge in [0, 0.05) is 25.6 Å². The fourth-order valence-electron chi connectivity index (χ4n) is 2.32. The van der Waals surface area contributed by atoms with Crippen molar-refractivity contribution in [3.05, 3.63) is 29.8 Å². The second-order valence-electron chi connectivity index (χ2n) is 4.93. The maximum atomic E-state index is 12.1. The van der Waals surface area contributed by atoms with Crippen molar-refractivity contribution in [2.45, 2.75) is 32.7 Å². The fraction of sp³-hybridized carbons (Fsp3) is 0.562. The summed E-state index contributed by atoms with van der Waals surface area (Å²) in [5.74, 6) is 1.07. The van der Waals surface area contributed by atoms with Crippen molar-refractivity contribution in [1.29, 1.82) is 0 Å². The van der Waals surface area contributed by atoms with E-state index in [1.54, 1.807) is 7.11 Å². The molecule has 1 aromatic rings. The van der Waals surface area contributed by atoms with Gasteiger partial charge in [-0.1, -0.05) is 12.1 Å². The minimum atomic E-state index is 0. The van der Waals surface area contributed by atoms with E-state index in [1.807, 2.05) is 31.0 Å². The Morgan fingerprint density at radius 1 is 1.33 bits per heavy atom. The van der Waals surface area contributed by atoms with Crippen LogP contribution in [0.2, 0.25) is 0 Å². The van der Waals surface area contributed by atoms with Crippen LogP contribution in [0.5, 0.6) is 5.75 Å². The lowest BCUT2D eigenvalue weighted by Crippen LogP contribution is -2.40. The second kappa shape index (κ2) is 10.5. The van der Waals surface area contributed by atoms with Gasteiger partial charge in [-0.05, 0) is 45.0 Å². The van der Waals surface area contributed by atoms with Gasteiger partial charge >= 0.3 is 0 Å². The van der Waals surface area contributed by atoms with E-state index in [0.717, 1.165) is 25.3 Å². The molecule has 0 saturated carbocycles. The maximum Gasteiger partial charge on any atom is 0.224 e. The monoisotopic (exact) mass is 314 g/mol. The molecule has 1 atom stereocenters. The number of carbonyl (C=O) groups is 1. The molecule has 1 rings (SSSR count). The molecule has 4 nitrogen and oxygen atoms in total. The Morgan fingerprint density at radius 2 is 1.95 bits per heavy atom. The summed E-state index contributed by atoms with van der Waals surface area (Å²) in [6, 6.07) is 8.24. The smallest absolute Gasteiger partial charge is 0.224 e. The lowest BCUT2D eigenvalue weighted by atomic mass is 10.1. The van der Waals surface area contributed by atoms with Crippen LogP contribution in [0.1, 0.15) is 25.8 Å². The number of benzene rings is 1. The first-order valence-corrected chi connectivity index (χ1v) is 7.19. The predicted molar refractivity (Wildman–Crippen MR) is 89.3 cm³/mol. The van der Waals surface area contributed by atoms with Crippen LogP contribution in [0.4, 0.5) is 0 Å². The van der Waals surface area contributed by atoms with Crippen molar-refractivity contribution in [2.75, 3.05) is 27.2 Å². The lowest BCUT2D eigenvalue weighted by molar-refractivity contribution is -0.132. The molecular weight excluding hydrogens is 288 g/mol. The van der Waals surface area contributed by atoms with E-state index in [-0.39, 0.29) is 24.4 Å². The van der Waals surface area contributed by atoms with Gasteiger partial charge in [-0.2, -0.15) is 0 Å². The Kier molecular flexibility index (Phi) is 9.84.